The van der Waals surface area contributed by atoms with Crippen LogP contribution in [0.2, 0.25) is 0 Å². The van der Waals surface area contributed by atoms with Gasteiger partial charge in [-0.3, -0.25) is 0 Å². The third-order valence-corrected chi connectivity index (χ3v) is 1.68. The van der Waals surface area contributed by atoms with Gasteiger partial charge in [-0.05, 0) is 12.5 Å². The van der Waals surface area contributed by atoms with E-state index in [-0.39, 0.29) is 6.10 Å². The quantitative estimate of drug-likeness (QED) is 0.768. The highest BCUT2D eigenvalue weighted by Gasteiger charge is 2.05. The van der Waals surface area contributed by atoms with Gasteiger partial charge in [-0.2, -0.15) is 0 Å². The van der Waals surface area contributed by atoms with E-state index in [0.29, 0.717) is 6.42 Å². The number of carbonyl (C=O) groups excluding carboxylic acids is 1. The molecule has 70 valence electrons. The van der Waals surface area contributed by atoms with Crippen LogP contribution >= 0.6 is 0 Å². The Labute approximate surface area is 77.5 Å². The molecule has 1 aromatic rings. The molecule has 0 aliphatic heterocycles. The molecule has 1 rings (SSSR count). The largest absolute Gasteiger partial charge is 0.446 e. The van der Waals surface area contributed by atoms with Gasteiger partial charge in [0, 0.05) is 6.42 Å². The van der Waals surface area contributed by atoms with E-state index in [1.807, 2.05) is 37.3 Å². The fraction of sp³-hybridized carbons (Fsp3) is 0.300. The summed E-state index contributed by atoms with van der Waals surface area (Å²) in [7, 11) is 0. The lowest BCUT2D eigenvalue weighted by molar-refractivity contribution is 0.116. The molecule has 0 spiro atoms. The predicted octanol–water partition coefficient (Wildman–Crippen LogP) is 1.71. The van der Waals surface area contributed by atoms with Gasteiger partial charge in [0.15, 0.2) is 0 Å². The molecule has 0 saturated heterocycles. The average molecular weight is 179 g/mol. The summed E-state index contributed by atoms with van der Waals surface area (Å²) in [6.07, 6.45) is -0.188. The van der Waals surface area contributed by atoms with Crippen molar-refractivity contribution in [2.24, 2.45) is 5.73 Å². The van der Waals surface area contributed by atoms with Gasteiger partial charge in [-0.15, -0.1) is 0 Å². The minimum absolute atomic E-state index is 0.167. The summed E-state index contributed by atoms with van der Waals surface area (Å²) < 4.78 is 4.79. The maximum atomic E-state index is 10.4. The number of hydrogen-bond acceptors (Lipinski definition) is 2. The topological polar surface area (TPSA) is 52.3 Å². The molecule has 0 radical (unpaired) electrons. The number of benzene rings is 1. The van der Waals surface area contributed by atoms with Gasteiger partial charge in [-0.1, -0.05) is 30.3 Å². The van der Waals surface area contributed by atoms with Gasteiger partial charge >= 0.3 is 6.09 Å². The van der Waals surface area contributed by atoms with Crippen LogP contribution in [0.15, 0.2) is 30.3 Å². The Morgan fingerprint density at radius 3 is 2.62 bits per heavy atom. The highest BCUT2D eigenvalue weighted by molar-refractivity contribution is 5.64. The maximum Gasteiger partial charge on any atom is 0.404 e. The van der Waals surface area contributed by atoms with Crippen LogP contribution < -0.4 is 5.73 Å². The summed E-state index contributed by atoms with van der Waals surface area (Å²) in [5.74, 6) is 0. The Hall–Kier alpha value is -1.51. The summed E-state index contributed by atoms with van der Waals surface area (Å²) >= 11 is 0. The summed E-state index contributed by atoms with van der Waals surface area (Å²) in [5.41, 5.74) is 6.02. The molecule has 0 heterocycles. The SMILES string of the molecule is C[C@@H](Cc1ccccc1)OC(N)=O. The lowest BCUT2D eigenvalue weighted by atomic mass is 10.1. The van der Waals surface area contributed by atoms with Gasteiger partial charge in [0.25, 0.3) is 0 Å². The monoisotopic (exact) mass is 179 g/mol. The number of rotatable bonds is 3. The zero-order valence-electron chi connectivity index (χ0n) is 7.57. The molecule has 0 aromatic heterocycles. The number of carbonyl (C=O) groups is 1. The normalized spacial score (nSPS) is 12.1. The van der Waals surface area contributed by atoms with E-state index < -0.39 is 6.09 Å². The van der Waals surface area contributed by atoms with Gasteiger partial charge in [0.2, 0.25) is 0 Å². The number of primary amides is 1. The number of hydrogen-bond donors (Lipinski definition) is 1. The first-order valence-electron chi connectivity index (χ1n) is 4.18. The lowest BCUT2D eigenvalue weighted by Gasteiger charge is -2.10. The lowest BCUT2D eigenvalue weighted by Crippen LogP contribution is -2.21. The maximum absolute atomic E-state index is 10.4. The molecule has 1 atom stereocenters. The fourth-order valence-corrected chi connectivity index (χ4v) is 1.19. The van der Waals surface area contributed by atoms with E-state index in [1.165, 1.54) is 0 Å². The van der Waals surface area contributed by atoms with E-state index in [1.54, 1.807) is 0 Å². The standard InChI is InChI=1S/C10H13NO2/c1-8(13-10(11)12)7-9-5-3-2-4-6-9/h2-6,8H,7H2,1H3,(H2,11,12)/t8-/m0/s1. The minimum Gasteiger partial charge on any atom is -0.446 e. The minimum atomic E-state index is -0.719. The van der Waals surface area contributed by atoms with Crippen LogP contribution in [0.1, 0.15) is 12.5 Å². The van der Waals surface area contributed by atoms with Gasteiger partial charge < -0.3 is 10.5 Å². The van der Waals surface area contributed by atoms with Crippen molar-refractivity contribution in [1.82, 2.24) is 0 Å². The first kappa shape index (κ1) is 9.58. The van der Waals surface area contributed by atoms with E-state index in [4.69, 9.17) is 10.5 Å². The van der Waals surface area contributed by atoms with Crippen LogP contribution in [0.5, 0.6) is 0 Å². The molecular weight excluding hydrogens is 166 g/mol. The zero-order chi connectivity index (χ0) is 9.68. The number of nitrogens with two attached hydrogens (primary N) is 1. The van der Waals surface area contributed by atoms with Crippen LogP contribution in [0.3, 0.4) is 0 Å². The molecule has 13 heavy (non-hydrogen) atoms. The van der Waals surface area contributed by atoms with E-state index in [9.17, 15) is 4.79 Å². The van der Waals surface area contributed by atoms with Crippen LogP contribution in [0.25, 0.3) is 0 Å². The summed E-state index contributed by atoms with van der Waals surface area (Å²) in [4.78, 5) is 10.4. The molecule has 2 N–H and O–H groups in total. The molecule has 1 amide bonds. The Morgan fingerprint density at radius 2 is 2.08 bits per heavy atom. The van der Waals surface area contributed by atoms with Crippen molar-refractivity contribution >= 4 is 6.09 Å². The third kappa shape index (κ3) is 3.60. The van der Waals surface area contributed by atoms with Crippen LogP contribution in [0.4, 0.5) is 4.79 Å². The first-order valence-corrected chi connectivity index (χ1v) is 4.18. The molecule has 0 aliphatic carbocycles. The number of ether oxygens (including phenoxy) is 1. The second kappa shape index (κ2) is 4.50. The van der Waals surface area contributed by atoms with Gasteiger partial charge in [0.05, 0.1) is 0 Å². The molecule has 0 bridgehead atoms. The Morgan fingerprint density at radius 1 is 1.46 bits per heavy atom. The van der Waals surface area contributed by atoms with Crippen molar-refractivity contribution in [3.05, 3.63) is 35.9 Å². The molecule has 1 aromatic carbocycles. The van der Waals surface area contributed by atoms with Crippen molar-refractivity contribution in [3.63, 3.8) is 0 Å². The smallest absolute Gasteiger partial charge is 0.404 e. The van der Waals surface area contributed by atoms with E-state index in [0.717, 1.165) is 5.56 Å². The van der Waals surface area contributed by atoms with Crippen molar-refractivity contribution < 1.29 is 9.53 Å². The Balaban J connectivity index is 2.45. The molecular formula is C10H13NO2. The van der Waals surface area contributed by atoms with Crippen LogP contribution in [-0.4, -0.2) is 12.2 Å². The van der Waals surface area contributed by atoms with Crippen molar-refractivity contribution in [3.8, 4) is 0 Å². The second-order valence-electron chi connectivity index (χ2n) is 2.94. The Bertz CT molecular complexity index is 272. The van der Waals surface area contributed by atoms with Crippen molar-refractivity contribution in [1.29, 1.82) is 0 Å². The fourth-order valence-electron chi connectivity index (χ4n) is 1.19. The van der Waals surface area contributed by atoms with Crippen molar-refractivity contribution in [2.75, 3.05) is 0 Å². The molecule has 3 heteroatoms. The molecule has 3 nitrogen and oxygen atoms in total. The average Bonchev–Trinajstić information content (AvgIpc) is 2.04. The second-order valence-corrected chi connectivity index (χ2v) is 2.94. The highest BCUT2D eigenvalue weighted by Crippen LogP contribution is 2.04. The number of amides is 1. The van der Waals surface area contributed by atoms with Crippen LogP contribution in [-0.2, 0) is 11.2 Å². The summed E-state index contributed by atoms with van der Waals surface area (Å²) in [6, 6.07) is 9.82. The molecule has 0 fully saturated rings. The third-order valence-electron chi connectivity index (χ3n) is 1.68. The van der Waals surface area contributed by atoms with Crippen LogP contribution in [0, 0.1) is 0 Å². The predicted molar refractivity (Wildman–Crippen MR) is 50.3 cm³/mol. The first-order chi connectivity index (χ1) is 6.18. The van der Waals surface area contributed by atoms with Gasteiger partial charge in [-0.25, -0.2) is 4.79 Å². The highest BCUT2D eigenvalue weighted by atomic mass is 16.6. The van der Waals surface area contributed by atoms with Crippen molar-refractivity contribution in [2.45, 2.75) is 19.4 Å². The zero-order valence-corrected chi connectivity index (χ0v) is 7.57. The van der Waals surface area contributed by atoms with Gasteiger partial charge in [0.1, 0.15) is 6.10 Å². The molecule has 0 saturated carbocycles. The summed E-state index contributed by atoms with van der Waals surface area (Å²) in [6.45, 7) is 1.82. The molecule has 0 unspecified atom stereocenters. The Kier molecular flexibility index (Phi) is 3.31. The summed E-state index contributed by atoms with van der Waals surface area (Å²) in [5, 5.41) is 0. The molecule has 0 aliphatic rings. The van der Waals surface area contributed by atoms with E-state index >= 15 is 0 Å². The van der Waals surface area contributed by atoms with E-state index in [2.05, 4.69) is 0 Å².